The van der Waals surface area contributed by atoms with Crippen molar-refractivity contribution in [2.45, 2.75) is 33.2 Å². The summed E-state index contributed by atoms with van der Waals surface area (Å²) in [7, 11) is 0. The fourth-order valence-electron chi connectivity index (χ4n) is 3.23. The molecular formula is C15H20N2O3. The van der Waals surface area contributed by atoms with Crippen LogP contribution in [0.2, 0.25) is 0 Å². The summed E-state index contributed by atoms with van der Waals surface area (Å²) in [5.74, 6) is 2.71. The van der Waals surface area contributed by atoms with Gasteiger partial charge in [0.1, 0.15) is 5.56 Å². The van der Waals surface area contributed by atoms with Gasteiger partial charge in [-0.2, -0.15) is 0 Å². The quantitative estimate of drug-likeness (QED) is 0.782. The monoisotopic (exact) mass is 276 g/mol. The lowest BCUT2D eigenvalue weighted by Crippen LogP contribution is -2.37. The van der Waals surface area contributed by atoms with Crippen LogP contribution in [-0.2, 0) is 0 Å². The molecule has 1 aromatic heterocycles. The first-order valence-electron chi connectivity index (χ1n) is 6.75. The average molecular weight is 276 g/mol. The lowest BCUT2D eigenvalue weighted by atomic mass is 9.78. The minimum absolute atomic E-state index is 0.0916. The number of hydrogen-bond acceptors (Lipinski definition) is 3. The molecule has 2 rings (SSSR count). The van der Waals surface area contributed by atoms with Crippen molar-refractivity contribution in [3.05, 3.63) is 32.6 Å². The van der Waals surface area contributed by atoms with Crippen LogP contribution in [0.25, 0.3) is 0 Å². The zero-order chi connectivity index (χ0) is 15.1. The number of nitrogens with zero attached hydrogens (tertiary/aromatic N) is 1. The first-order valence-corrected chi connectivity index (χ1v) is 6.75. The fraction of sp³-hybridized carbons (Fsp3) is 0.600. The number of aromatic amines is 1. The number of aliphatic hydroxyl groups excluding tert-OH is 1. The molecule has 1 aliphatic carbocycles. The van der Waals surface area contributed by atoms with E-state index in [1.807, 2.05) is 0 Å². The molecule has 1 aromatic rings. The zero-order valence-corrected chi connectivity index (χ0v) is 12.0. The number of terminal acetylenes is 1. The van der Waals surface area contributed by atoms with E-state index in [-0.39, 0.29) is 35.5 Å². The summed E-state index contributed by atoms with van der Waals surface area (Å²) in [5, 5.41) is 9.47. The molecule has 0 saturated heterocycles. The lowest BCUT2D eigenvalue weighted by molar-refractivity contribution is 0.148. The van der Waals surface area contributed by atoms with Gasteiger partial charge in [-0.3, -0.25) is 14.3 Å². The van der Waals surface area contributed by atoms with E-state index in [1.54, 1.807) is 0 Å². The van der Waals surface area contributed by atoms with Crippen molar-refractivity contribution < 1.29 is 5.11 Å². The summed E-state index contributed by atoms with van der Waals surface area (Å²) in [6, 6.07) is -0.0916. The lowest BCUT2D eigenvalue weighted by Gasteiger charge is -2.32. The highest BCUT2D eigenvalue weighted by molar-refractivity contribution is 5.26. The number of aliphatic hydroxyl groups is 1. The van der Waals surface area contributed by atoms with Gasteiger partial charge >= 0.3 is 5.69 Å². The second kappa shape index (κ2) is 4.95. The van der Waals surface area contributed by atoms with Crippen LogP contribution in [0.15, 0.2) is 15.8 Å². The molecule has 2 N–H and O–H groups in total. The second-order valence-corrected chi connectivity index (χ2v) is 6.16. The molecule has 0 radical (unpaired) electrons. The van der Waals surface area contributed by atoms with Gasteiger partial charge in [0, 0.05) is 18.8 Å². The van der Waals surface area contributed by atoms with Crippen molar-refractivity contribution >= 4 is 0 Å². The summed E-state index contributed by atoms with van der Waals surface area (Å²) >= 11 is 0. The normalized spacial score (nSPS) is 28.2. The van der Waals surface area contributed by atoms with E-state index in [0.29, 0.717) is 6.42 Å². The molecule has 0 spiro atoms. The molecule has 1 heterocycles. The Kier molecular flexibility index (Phi) is 3.61. The van der Waals surface area contributed by atoms with Crippen LogP contribution in [0.5, 0.6) is 0 Å². The van der Waals surface area contributed by atoms with Gasteiger partial charge in [0.2, 0.25) is 0 Å². The van der Waals surface area contributed by atoms with Gasteiger partial charge < -0.3 is 5.11 Å². The topological polar surface area (TPSA) is 75.1 Å². The van der Waals surface area contributed by atoms with Crippen LogP contribution >= 0.6 is 0 Å². The van der Waals surface area contributed by atoms with Gasteiger partial charge in [-0.1, -0.05) is 26.7 Å². The third kappa shape index (κ3) is 2.10. The third-order valence-corrected chi connectivity index (χ3v) is 4.96. The number of aromatic nitrogens is 2. The zero-order valence-electron chi connectivity index (χ0n) is 12.0. The summed E-state index contributed by atoms with van der Waals surface area (Å²) < 4.78 is 1.52. The second-order valence-electron chi connectivity index (χ2n) is 6.16. The van der Waals surface area contributed by atoms with E-state index in [1.165, 1.54) is 10.8 Å². The molecule has 0 amide bonds. The van der Waals surface area contributed by atoms with E-state index in [4.69, 9.17) is 6.42 Å². The highest BCUT2D eigenvalue weighted by Gasteiger charge is 2.47. The summed E-state index contributed by atoms with van der Waals surface area (Å²) in [5.41, 5.74) is -0.990. The Balaban J connectivity index is 2.55. The number of H-pyrrole nitrogens is 1. The van der Waals surface area contributed by atoms with Gasteiger partial charge in [0.15, 0.2) is 0 Å². The van der Waals surface area contributed by atoms with Crippen LogP contribution in [0.3, 0.4) is 0 Å². The minimum Gasteiger partial charge on any atom is -0.396 e. The molecule has 5 nitrogen and oxygen atoms in total. The third-order valence-electron chi connectivity index (χ3n) is 4.96. The van der Waals surface area contributed by atoms with Crippen LogP contribution in [0, 0.1) is 29.6 Å². The van der Waals surface area contributed by atoms with Crippen LogP contribution in [-0.4, -0.2) is 21.3 Å². The van der Waals surface area contributed by atoms with Gasteiger partial charge in [-0.25, -0.2) is 4.79 Å². The predicted octanol–water partition coefficient (Wildman–Crippen LogP) is 0.733. The Hall–Kier alpha value is -1.80. The first kappa shape index (κ1) is 14.6. The molecule has 0 aromatic carbocycles. The summed E-state index contributed by atoms with van der Waals surface area (Å²) in [6.07, 6.45) is 7.44. The Morgan fingerprint density at radius 2 is 2.20 bits per heavy atom. The molecule has 108 valence electrons. The van der Waals surface area contributed by atoms with Crippen molar-refractivity contribution in [1.82, 2.24) is 9.55 Å². The van der Waals surface area contributed by atoms with E-state index < -0.39 is 11.2 Å². The molecule has 1 aliphatic rings. The van der Waals surface area contributed by atoms with Gasteiger partial charge in [0.05, 0.1) is 0 Å². The largest absolute Gasteiger partial charge is 0.396 e. The van der Waals surface area contributed by atoms with E-state index in [2.05, 4.69) is 31.7 Å². The summed E-state index contributed by atoms with van der Waals surface area (Å²) in [4.78, 5) is 25.9. The Labute approximate surface area is 117 Å². The molecule has 0 bridgehead atoms. The van der Waals surface area contributed by atoms with Crippen molar-refractivity contribution in [3.63, 3.8) is 0 Å². The fourth-order valence-corrected chi connectivity index (χ4v) is 3.23. The SMILES string of the molecule is C#Cc1cn([C@@H]2C[C@H](CO)C(C)C2(C)C)c(=O)[nH]c1=O. The smallest absolute Gasteiger partial charge is 0.328 e. The van der Waals surface area contributed by atoms with Crippen LogP contribution in [0.4, 0.5) is 0 Å². The number of rotatable bonds is 2. The molecule has 5 heteroatoms. The average Bonchev–Trinajstić information content (AvgIpc) is 2.62. The van der Waals surface area contributed by atoms with Gasteiger partial charge in [-0.05, 0) is 23.7 Å². The van der Waals surface area contributed by atoms with Crippen molar-refractivity contribution in [1.29, 1.82) is 0 Å². The standard InChI is InChI=1S/C15H20N2O3/c1-5-10-7-17(14(20)16-13(10)19)12-6-11(8-18)9(2)15(12,3)4/h1,7,9,11-12,18H,6,8H2,2-4H3,(H,16,19,20)/t9?,11-,12-/m1/s1. The minimum atomic E-state index is -0.531. The van der Waals surface area contributed by atoms with E-state index >= 15 is 0 Å². The van der Waals surface area contributed by atoms with E-state index in [9.17, 15) is 14.7 Å². The molecule has 1 unspecified atom stereocenters. The Morgan fingerprint density at radius 1 is 1.55 bits per heavy atom. The molecule has 20 heavy (non-hydrogen) atoms. The molecule has 1 saturated carbocycles. The highest BCUT2D eigenvalue weighted by atomic mass is 16.3. The van der Waals surface area contributed by atoms with E-state index in [0.717, 1.165) is 0 Å². The molecule has 0 aliphatic heterocycles. The Morgan fingerprint density at radius 3 is 2.70 bits per heavy atom. The van der Waals surface area contributed by atoms with Crippen LogP contribution < -0.4 is 11.2 Å². The van der Waals surface area contributed by atoms with Crippen molar-refractivity contribution in [2.75, 3.05) is 6.61 Å². The van der Waals surface area contributed by atoms with Crippen LogP contribution in [0.1, 0.15) is 38.8 Å². The summed E-state index contributed by atoms with van der Waals surface area (Å²) in [6.45, 7) is 6.33. The maximum Gasteiger partial charge on any atom is 0.328 e. The maximum absolute atomic E-state index is 12.1. The number of hydrogen-bond donors (Lipinski definition) is 2. The highest BCUT2D eigenvalue weighted by Crippen LogP contribution is 2.52. The predicted molar refractivity (Wildman–Crippen MR) is 76.4 cm³/mol. The van der Waals surface area contributed by atoms with Crippen molar-refractivity contribution in [2.24, 2.45) is 17.3 Å². The Bertz CT molecular complexity index is 663. The van der Waals surface area contributed by atoms with Gasteiger partial charge in [0.25, 0.3) is 5.56 Å². The maximum atomic E-state index is 12.1. The number of nitrogens with one attached hydrogen (secondary N) is 1. The molecular weight excluding hydrogens is 256 g/mol. The van der Waals surface area contributed by atoms with Gasteiger partial charge in [-0.15, -0.1) is 6.42 Å². The first-order chi connectivity index (χ1) is 9.32. The van der Waals surface area contributed by atoms with Crippen molar-refractivity contribution in [3.8, 4) is 12.3 Å². The molecule has 3 atom stereocenters. The molecule has 1 fully saturated rings.